The van der Waals surface area contributed by atoms with Gasteiger partial charge in [-0.15, -0.1) is 0 Å². The molecule has 0 aliphatic heterocycles. The molecule has 0 spiro atoms. The van der Waals surface area contributed by atoms with Gasteiger partial charge < -0.3 is 0 Å². The van der Waals surface area contributed by atoms with Crippen LogP contribution in [-0.2, 0) is 12.8 Å². The van der Waals surface area contributed by atoms with E-state index in [9.17, 15) is 0 Å². The summed E-state index contributed by atoms with van der Waals surface area (Å²) in [6.07, 6.45) is 2.08. The van der Waals surface area contributed by atoms with Crippen LogP contribution in [0.3, 0.4) is 0 Å². The fourth-order valence-electron chi connectivity index (χ4n) is 1.76. The van der Waals surface area contributed by atoms with Crippen LogP contribution in [0.2, 0.25) is 0 Å². The van der Waals surface area contributed by atoms with Gasteiger partial charge in [0, 0.05) is 5.69 Å². The van der Waals surface area contributed by atoms with Crippen LogP contribution in [0.4, 0.5) is 0 Å². The largest absolute Gasteiger partial charge is 0.283 e. The number of nitrogens with one attached hydrogen (secondary N) is 1. The summed E-state index contributed by atoms with van der Waals surface area (Å²) < 4.78 is 0. The van der Waals surface area contributed by atoms with Crippen molar-refractivity contribution in [2.24, 2.45) is 0 Å². The minimum absolute atomic E-state index is 1.01. The van der Waals surface area contributed by atoms with Gasteiger partial charge in [0.15, 0.2) is 0 Å². The molecule has 0 radical (unpaired) electrons. The smallest absolute Gasteiger partial charge is 0.0628 e. The average Bonchev–Trinajstić information content (AvgIpc) is 2.63. The number of aryl methyl sites for hydroxylation is 4. The van der Waals surface area contributed by atoms with Crippen molar-refractivity contribution in [3.05, 3.63) is 52.8 Å². The summed E-state index contributed by atoms with van der Waals surface area (Å²) in [5.74, 6) is 0. The van der Waals surface area contributed by atoms with E-state index in [-0.39, 0.29) is 0 Å². The van der Waals surface area contributed by atoms with Crippen molar-refractivity contribution in [1.29, 1.82) is 0 Å². The average molecular weight is 200 g/mol. The van der Waals surface area contributed by atoms with Gasteiger partial charge in [0.1, 0.15) is 0 Å². The third-order valence-corrected chi connectivity index (χ3v) is 2.67. The van der Waals surface area contributed by atoms with E-state index < -0.39 is 0 Å². The standard InChI is InChI=1S/C13H16N2/c1-10-5-3-4-6-12(10)7-8-13-9-11(2)14-15-13/h3-6,9H,7-8H2,1-2H3,(H,14,15). The third kappa shape index (κ3) is 2.46. The van der Waals surface area contributed by atoms with Crippen LogP contribution in [0.25, 0.3) is 0 Å². The monoisotopic (exact) mass is 200 g/mol. The maximum Gasteiger partial charge on any atom is 0.0628 e. The Morgan fingerprint density at radius 3 is 2.60 bits per heavy atom. The van der Waals surface area contributed by atoms with Gasteiger partial charge in [0.05, 0.1) is 5.69 Å². The molecule has 1 aromatic heterocycles. The Labute approximate surface area is 90.3 Å². The molecule has 0 aliphatic rings. The fraction of sp³-hybridized carbons (Fsp3) is 0.308. The Morgan fingerprint density at radius 1 is 1.13 bits per heavy atom. The van der Waals surface area contributed by atoms with Crippen molar-refractivity contribution in [3.63, 3.8) is 0 Å². The van der Waals surface area contributed by atoms with Crippen LogP contribution in [0, 0.1) is 13.8 Å². The molecule has 1 aromatic carbocycles. The van der Waals surface area contributed by atoms with E-state index >= 15 is 0 Å². The van der Waals surface area contributed by atoms with E-state index in [0.717, 1.165) is 24.2 Å². The van der Waals surface area contributed by atoms with E-state index in [1.807, 2.05) is 6.92 Å². The van der Waals surface area contributed by atoms with E-state index in [2.05, 4.69) is 47.5 Å². The molecule has 0 bridgehead atoms. The maximum absolute atomic E-state index is 4.24. The summed E-state index contributed by atoms with van der Waals surface area (Å²) in [5.41, 5.74) is 5.06. The molecule has 0 atom stereocenters. The number of hydrogen-bond donors (Lipinski definition) is 1. The number of nitrogens with zero attached hydrogens (tertiary/aromatic N) is 1. The Bertz CT molecular complexity index is 443. The molecule has 0 saturated carbocycles. The van der Waals surface area contributed by atoms with Crippen LogP contribution >= 0.6 is 0 Å². The van der Waals surface area contributed by atoms with Gasteiger partial charge in [-0.3, -0.25) is 5.10 Å². The van der Waals surface area contributed by atoms with Gasteiger partial charge >= 0.3 is 0 Å². The molecule has 0 unspecified atom stereocenters. The number of benzene rings is 1. The molecule has 1 heterocycles. The lowest BCUT2D eigenvalue weighted by Crippen LogP contribution is -1.94. The number of hydrogen-bond acceptors (Lipinski definition) is 1. The SMILES string of the molecule is Cc1cc(CCc2ccccc2C)n[nH]1. The van der Waals surface area contributed by atoms with Gasteiger partial charge in [-0.1, -0.05) is 24.3 Å². The summed E-state index contributed by atoms with van der Waals surface area (Å²) in [6, 6.07) is 10.6. The lowest BCUT2D eigenvalue weighted by molar-refractivity contribution is 0.884. The molecule has 2 aromatic rings. The Balaban J connectivity index is 2.02. The molecule has 2 nitrogen and oxygen atoms in total. The second-order valence-electron chi connectivity index (χ2n) is 3.97. The Hall–Kier alpha value is -1.57. The lowest BCUT2D eigenvalue weighted by Gasteiger charge is -2.03. The highest BCUT2D eigenvalue weighted by Crippen LogP contribution is 2.10. The third-order valence-electron chi connectivity index (χ3n) is 2.67. The zero-order chi connectivity index (χ0) is 10.7. The fourth-order valence-corrected chi connectivity index (χ4v) is 1.76. The molecular formula is C13H16N2. The highest BCUT2D eigenvalue weighted by atomic mass is 15.1. The predicted octanol–water partition coefficient (Wildman–Crippen LogP) is 2.81. The molecule has 1 N–H and O–H groups in total. The van der Waals surface area contributed by atoms with Crippen LogP contribution in [-0.4, -0.2) is 10.2 Å². The zero-order valence-corrected chi connectivity index (χ0v) is 9.25. The van der Waals surface area contributed by atoms with Crippen LogP contribution in [0.1, 0.15) is 22.5 Å². The Kier molecular flexibility index (Phi) is 2.86. The van der Waals surface area contributed by atoms with Gasteiger partial charge in [-0.25, -0.2) is 0 Å². The summed E-state index contributed by atoms with van der Waals surface area (Å²) >= 11 is 0. The molecule has 78 valence electrons. The van der Waals surface area contributed by atoms with Gasteiger partial charge in [-0.2, -0.15) is 5.10 Å². The zero-order valence-electron chi connectivity index (χ0n) is 9.25. The minimum Gasteiger partial charge on any atom is -0.283 e. The molecule has 0 amide bonds. The van der Waals surface area contributed by atoms with Crippen LogP contribution in [0.5, 0.6) is 0 Å². The number of H-pyrrole nitrogens is 1. The molecule has 15 heavy (non-hydrogen) atoms. The second kappa shape index (κ2) is 4.30. The normalized spacial score (nSPS) is 10.5. The quantitative estimate of drug-likeness (QED) is 0.811. The molecule has 2 rings (SSSR count). The van der Waals surface area contributed by atoms with Gasteiger partial charge in [0.2, 0.25) is 0 Å². The molecular weight excluding hydrogens is 184 g/mol. The first kappa shape index (κ1) is 9.97. The highest BCUT2D eigenvalue weighted by molar-refractivity contribution is 5.26. The molecule has 2 heteroatoms. The summed E-state index contributed by atoms with van der Waals surface area (Å²) in [4.78, 5) is 0. The van der Waals surface area contributed by atoms with Crippen LogP contribution in [0.15, 0.2) is 30.3 Å². The molecule has 0 saturated heterocycles. The first-order valence-corrected chi connectivity index (χ1v) is 5.31. The van der Waals surface area contributed by atoms with E-state index in [4.69, 9.17) is 0 Å². The van der Waals surface area contributed by atoms with E-state index in [1.165, 1.54) is 11.1 Å². The summed E-state index contributed by atoms with van der Waals surface area (Å²) in [6.45, 7) is 4.19. The highest BCUT2D eigenvalue weighted by Gasteiger charge is 2.00. The predicted molar refractivity (Wildman–Crippen MR) is 61.9 cm³/mol. The Morgan fingerprint density at radius 2 is 1.93 bits per heavy atom. The van der Waals surface area contributed by atoms with Gasteiger partial charge in [-0.05, 0) is 43.9 Å². The van der Waals surface area contributed by atoms with E-state index in [1.54, 1.807) is 0 Å². The van der Waals surface area contributed by atoms with Crippen molar-refractivity contribution in [2.75, 3.05) is 0 Å². The van der Waals surface area contributed by atoms with Crippen molar-refractivity contribution in [3.8, 4) is 0 Å². The van der Waals surface area contributed by atoms with Gasteiger partial charge in [0.25, 0.3) is 0 Å². The number of rotatable bonds is 3. The van der Waals surface area contributed by atoms with E-state index in [0.29, 0.717) is 0 Å². The summed E-state index contributed by atoms with van der Waals surface area (Å²) in [5, 5.41) is 7.21. The van der Waals surface area contributed by atoms with Crippen molar-refractivity contribution >= 4 is 0 Å². The first-order chi connectivity index (χ1) is 7.25. The molecule has 0 aliphatic carbocycles. The molecule has 0 fully saturated rings. The minimum atomic E-state index is 1.01. The maximum atomic E-state index is 4.24. The topological polar surface area (TPSA) is 28.7 Å². The van der Waals surface area contributed by atoms with Crippen molar-refractivity contribution < 1.29 is 0 Å². The number of aromatic amines is 1. The second-order valence-corrected chi connectivity index (χ2v) is 3.97. The van der Waals surface area contributed by atoms with Crippen molar-refractivity contribution in [2.45, 2.75) is 26.7 Å². The lowest BCUT2D eigenvalue weighted by atomic mass is 10.0. The van der Waals surface area contributed by atoms with Crippen LogP contribution < -0.4 is 0 Å². The summed E-state index contributed by atoms with van der Waals surface area (Å²) in [7, 11) is 0. The number of aromatic nitrogens is 2. The van der Waals surface area contributed by atoms with Crippen molar-refractivity contribution in [1.82, 2.24) is 10.2 Å². The first-order valence-electron chi connectivity index (χ1n) is 5.31.